The van der Waals surface area contributed by atoms with Gasteiger partial charge in [-0.05, 0) is 19.3 Å². The van der Waals surface area contributed by atoms with Crippen molar-refractivity contribution in [2.45, 2.75) is 32.3 Å². The fourth-order valence-electron chi connectivity index (χ4n) is 1.36. The molecule has 2 fully saturated rings. The Kier molecular flexibility index (Phi) is 0.765. The van der Waals surface area contributed by atoms with Gasteiger partial charge in [-0.3, -0.25) is 4.79 Å². The molecule has 0 radical (unpaired) electrons. The number of esters is 1. The van der Waals surface area contributed by atoms with Crippen molar-refractivity contribution >= 4 is 5.97 Å². The highest BCUT2D eigenvalue weighted by atomic mass is 16.5. The van der Waals surface area contributed by atoms with Crippen molar-refractivity contribution in [2.24, 2.45) is 5.41 Å². The van der Waals surface area contributed by atoms with Gasteiger partial charge in [0, 0.05) is 12.3 Å². The minimum absolute atomic E-state index is 0.122. The van der Waals surface area contributed by atoms with Crippen LogP contribution in [0.4, 0.5) is 0 Å². The van der Waals surface area contributed by atoms with Crippen molar-refractivity contribution in [1.82, 2.24) is 0 Å². The number of hydrogen-bond acceptors (Lipinski definition) is 2. The zero-order valence-electron chi connectivity index (χ0n) is 5.52. The van der Waals surface area contributed by atoms with Gasteiger partial charge in [0.25, 0.3) is 0 Å². The molecule has 0 N–H and O–H groups in total. The molecule has 2 rings (SSSR count). The molecule has 2 saturated carbocycles. The van der Waals surface area contributed by atoms with Gasteiger partial charge in [-0.15, -0.1) is 0 Å². The van der Waals surface area contributed by atoms with Crippen LogP contribution in [0.15, 0.2) is 0 Å². The smallest absolute Gasteiger partial charge is 0.302 e. The molecular weight excluding hydrogens is 116 g/mol. The third kappa shape index (κ3) is 0.732. The van der Waals surface area contributed by atoms with E-state index >= 15 is 0 Å². The minimum Gasteiger partial charge on any atom is -0.462 e. The maximum atomic E-state index is 10.4. The highest BCUT2D eigenvalue weighted by molar-refractivity contribution is 5.66. The average Bonchev–Trinajstić information content (AvgIpc) is 2.54. The number of carbonyl (C=O) groups is 1. The summed E-state index contributed by atoms with van der Waals surface area (Å²) in [5.41, 5.74) is 0.506. The first kappa shape index (κ1) is 5.27. The van der Waals surface area contributed by atoms with E-state index in [0.717, 1.165) is 6.42 Å². The third-order valence-electron chi connectivity index (χ3n) is 2.32. The van der Waals surface area contributed by atoms with E-state index in [1.165, 1.54) is 19.8 Å². The van der Waals surface area contributed by atoms with Crippen molar-refractivity contribution in [3.05, 3.63) is 0 Å². The quantitative estimate of drug-likeness (QED) is 0.492. The Labute approximate surface area is 54.2 Å². The second-order valence-electron chi connectivity index (χ2n) is 3.16. The first-order valence-corrected chi connectivity index (χ1v) is 3.40. The normalized spacial score (nSPS) is 34.1. The van der Waals surface area contributed by atoms with Crippen LogP contribution >= 0.6 is 0 Å². The van der Waals surface area contributed by atoms with Gasteiger partial charge in [0.2, 0.25) is 0 Å². The number of ether oxygens (including phenoxy) is 1. The lowest BCUT2D eigenvalue weighted by molar-refractivity contribution is -0.142. The number of hydrogen-bond donors (Lipinski definition) is 0. The van der Waals surface area contributed by atoms with Gasteiger partial charge in [-0.1, -0.05) is 0 Å². The van der Waals surface area contributed by atoms with Crippen molar-refractivity contribution in [3.8, 4) is 0 Å². The first-order valence-electron chi connectivity index (χ1n) is 3.40. The fraction of sp³-hybridized carbons (Fsp3) is 0.857. The van der Waals surface area contributed by atoms with Gasteiger partial charge in [-0.2, -0.15) is 0 Å². The Morgan fingerprint density at radius 1 is 1.67 bits per heavy atom. The monoisotopic (exact) mass is 126 g/mol. The van der Waals surface area contributed by atoms with Crippen LogP contribution in [0.25, 0.3) is 0 Å². The number of carbonyl (C=O) groups excluding carboxylic acids is 1. The predicted molar refractivity (Wildman–Crippen MR) is 31.8 cm³/mol. The fourth-order valence-corrected chi connectivity index (χ4v) is 1.36. The summed E-state index contributed by atoms with van der Waals surface area (Å²) in [6.07, 6.45) is 4.00. The van der Waals surface area contributed by atoms with Gasteiger partial charge in [0.1, 0.15) is 6.10 Å². The van der Waals surface area contributed by atoms with E-state index in [9.17, 15) is 4.79 Å². The van der Waals surface area contributed by atoms with Crippen LogP contribution in [0.2, 0.25) is 0 Å². The molecule has 1 unspecified atom stereocenters. The largest absolute Gasteiger partial charge is 0.462 e. The summed E-state index contributed by atoms with van der Waals surface area (Å²) in [5, 5.41) is 0. The molecule has 1 spiro atoms. The van der Waals surface area contributed by atoms with Gasteiger partial charge in [-0.25, -0.2) is 0 Å². The maximum absolute atomic E-state index is 10.4. The molecule has 9 heavy (non-hydrogen) atoms. The highest BCUT2D eigenvalue weighted by Crippen LogP contribution is 2.67. The molecule has 0 heterocycles. The van der Waals surface area contributed by atoms with Gasteiger partial charge in [0.15, 0.2) is 0 Å². The van der Waals surface area contributed by atoms with Crippen molar-refractivity contribution in [2.75, 3.05) is 0 Å². The molecule has 0 aromatic rings. The predicted octanol–water partition coefficient (Wildman–Crippen LogP) is 1.10. The molecule has 2 aliphatic rings. The average molecular weight is 126 g/mol. The third-order valence-corrected chi connectivity index (χ3v) is 2.32. The summed E-state index contributed by atoms with van der Waals surface area (Å²) in [7, 11) is 0. The van der Waals surface area contributed by atoms with Gasteiger partial charge >= 0.3 is 5.97 Å². The molecule has 0 bridgehead atoms. The van der Waals surface area contributed by atoms with Crippen LogP contribution in [0, 0.1) is 5.41 Å². The molecule has 0 aromatic carbocycles. The van der Waals surface area contributed by atoms with E-state index in [1.54, 1.807) is 0 Å². The molecule has 2 aliphatic carbocycles. The molecule has 50 valence electrons. The van der Waals surface area contributed by atoms with E-state index in [2.05, 4.69) is 0 Å². The summed E-state index contributed by atoms with van der Waals surface area (Å²) in [6, 6.07) is 0. The summed E-state index contributed by atoms with van der Waals surface area (Å²) in [5.74, 6) is -0.122. The van der Waals surface area contributed by atoms with Gasteiger partial charge < -0.3 is 4.74 Å². The summed E-state index contributed by atoms with van der Waals surface area (Å²) in [6.45, 7) is 1.48. The molecule has 2 heteroatoms. The van der Waals surface area contributed by atoms with E-state index in [0.29, 0.717) is 11.5 Å². The molecule has 2 nitrogen and oxygen atoms in total. The molecule has 1 atom stereocenters. The van der Waals surface area contributed by atoms with Crippen molar-refractivity contribution in [3.63, 3.8) is 0 Å². The number of rotatable bonds is 1. The second kappa shape index (κ2) is 1.31. The second-order valence-corrected chi connectivity index (χ2v) is 3.16. The topological polar surface area (TPSA) is 26.3 Å². The van der Waals surface area contributed by atoms with Crippen LogP contribution in [0.5, 0.6) is 0 Å². The molecular formula is C7H10O2. The summed E-state index contributed by atoms with van der Waals surface area (Å²) >= 11 is 0. The SMILES string of the molecule is CC(=O)OC1CC12CC2. The van der Waals surface area contributed by atoms with Gasteiger partial charge in [0.05, 0.1) is 0 Å². The van der Waals surface area contributed by atoms with Crippen LogP contribution in [0.1, 0.15) is 26.2 Å². The lowest BCUT2D eigenvalue weighted by Crippen LogP contribution is -2.02. The Hall–Kier alpha value is -0.530. The Morgan fingerprint density at radius 3 is 2.67 bits per heavy atom. The Bertz CT molecular complexity index is 158. The van der Waals surface area contributed by atoms with E-state index < -0.39 is 0 Å². The molecule has 0 amide bonds. The standard InChI is InChI=1S/C7H10O2/c1-5(8)9-6-4-7(6)2-3-7/h6H,2-4H2,1H3. The Balaban J connectivity index is 1.84. The molecule has 0 aliphatic heterocycles. The zero-order valence-corrected chi connectivity index (χ0v) is 5.52. The maximum Gasteiger partial charge on any atom is 0.302 e. The summed E-state index contributed by atoms with van der Waals surface area (Å²) in [4.78, 5) is 10.4. The van der Waals surface area contributed by atoms with E-state index in [-0.39, 0.29) is 5.97 Å². The minimum atomic E-state index is -0.122. The van der Waals surface area contributed by atoms with Crippen molar-refractivity contribution < 1.29 is 9.53 Å². The van der Waals surface area contributed by atoms with Crippen LogP contribution in [0.3, 0.4) is 0 Å². The van der Waals surface area contributed by atoms with E-state index in [1.807, 2.05) is 0 Å². The Morgan fingerprint density at radius 2 is 2.33 bits per heavy atom. The van der Waals surface area contributed by atoms with E-state index in [4.69, 9.17) is 4.74 Å². The van der Waals surface area contributed by atoms with Crippen LogP contribution in [-0.4, -0.2) is 12.1 Å². The van der Waals surface area contributed by atoms with Crippen molar-refractivity contribution in [1.29, 1.82) is 0 Å². The lowest BCUT2D eigenvalue weighted by Gasteiger charge is -1.95. The zero-order chi connectivity index (χ0) is 6.48. The first-order chi connectivity index (χ1) is 4.23. The summed E-state index contributed by atoms with van der Waals surface area (Å²) < 4.78 is 5.00. The molecule has 0 aromatic heterocycles. The highest BCUT2D eigenvalue weighted by Gasteiger charge is 2.65. The lowest BCUT2D eigenvalue weighted by atomic mass is 10.4. The molecule has 0 saturated heterocycles. The van der Waals surface area contributed by atoms with Crippen LogP contribution in [-0.2, 0) is 9.53 Å². The van der Waals surface area contributed by atoms with Crippen LogP contribution < -0.4 is 0 Å².